The number of benzene rings is 1. The fraction of sp³-hybridized carbons (Fsp3) is 0.429. The van der Waals surface area contributed by atoms with Crippen LogP contribution in [0.2, 0.25) is 0 Å². The van der Waals surface area contributed by atoms with Gasteiger partial charge in [-0.1, -0.05) is 12.1 Å². The summed E-state index contributed by atoms with van der Waals surface area (Å²) in [6.45, 7) is 3.62. The van der Waals surface area contributed by atoms with Crippen molar-refractivity contribution in [1.82, 2.24) is 10.2 Å². The van der Waals surface area contributed by atoms with Crippen molar-refractivity contribution in [3.63, 3.8) is 0 Å². The van der Waals surface area contributed by atoms with Crippen LogP contribution < -0.4 is 10.6 Å². The second kappa shape index (κ2) is 6.22. The Labute approximate surface area is 113 Å². The molecule has 0 saturated carbocycles. The molecule has 1 aliphatic rings. The minimum atomic E-state index is -0.349. The number of hydrogen-bond acceptors (Lipinski definition) is 2. The normalized spacial score (nSPS) is 14.3. The first-order valence-electron chi connectivity index (χ1n) is 6.54. The second-order valence-electron chi connectivity index (χ2n) is 4.77. The van der Waals surface area contributed by atoms with E-state index in [0.717, 1.165) is 37.2 Å². The lowest BCUT2D eigenvalue weighted by Gasteiger charge is -2.15. The van der Waals surface area contributed by atoms with Gasteiger partial charge in [-0.25, -0.2) is 4.79 Å². The number of likely N-dealkylation sites (tertiary alicyclic amines) is 1. The summed E-state index contributed by atoms with van der Waals surface area (Å²) in [5.41, 5.74) is 1.80. The molecule has 0 spiro atoms. The van der Waals surface area contributed by atoms with Crippen LogP contribution in [-0.2, 0) is 4.79 Å². The standard InChI is InChI=1S/C14H19N3O2/c1-11-5-4-6-12(9-11)16-14(19)15-10-13(18)17-7-2-3-8-17/h4-6,9H,2-3,7-8,10H2,1H3,(H2,15,16,19). The molecule has 0 aromatic heterocycles. The molecular weight excluding hydrogens is 242 g/mol. The topological polar surface area (TPSA) is 61.4 Å². The summed E-state index contributed by atoms with van der Waals surface area (Å²) < 4.78 is 0. The van der Waals surface area contributed by atoms with Crippen LogP contribution in [0, 0.1) is 6.92 Å². The molecule has 0 aliphatic carbocycles. The van der Waals surface area contributed by atoms with E-state index in [9.17, 15) is 9.59 Å². The molecule has 19 heavy (non-hydrogen) atoms. The minimum Gasteiger partial charge on any atom is -0.341 e. The zero-order valence-electron chi connectivity index (χ0n) is 11.1. The lowest BCUT2D eigenvalue weighted by molar-refractivity contribution is -0.128. The molecule has 0 unspecified atom stereocenters. The zero-order valence-corrected chi connectivity index (χ0v) is 11.1. The molecule has 1 aliphatic heterocycles. The van der Waals surface area contributed by atoms with Crippen molar-refractivity contribution in [3.8, 4) is 0 Å². The lowest BCUT2D eigenvalue weighted by Crippen LogP contribution is -2.40. The zero-order chi connectivity index (χ0) is 13.7. The molecule has 1 fully saturated rings. The van der Waals surface area contributed by atoms with Crippen molar-refractivity contribution in [1.29, 1.82) is 0 Å². The minimum absolute atomic E-state index is 0.0168. The molecule has 0 atom stereocenters. The Morgan fingerprint density at radius 2 is 2.00 bits per heavy atom. The van der Waals surface area contributed by atoms with Crippen LogP contribution in [0.5, 0.6) is 0 Å². The molecular formula is C14H19N3O2. The molecule has 0 bridgehead atoms. The third-order valence-corrected chi connectivity index (χ3v) is 3.13. The average Bonchev–Trinajstić information content (AvgIpc) is 2.90. The molecule has 5 nitrogen and oxygen atoms in total. The Bertz CT molecular complexity index is 468. The van der Waals surface area contributed by atoms with E-state index in [2.05, 4.69) is 10.6 Å². The number of carbonyl (C=O) groups excluding carboxylic acids is 2. The average molecular weight is 261 g/mol. The number of aryl methyl sites for hydroxylation is 1. The molecule has 1 aromatic rings. The second-order valence-corrected chi connectivity index (χ2v) is 4.77. The van der Waals surface area contributed by atoms with Gasteiger partial charge in [-0.3, -0.25) is 4.79 Å². The summed E-state index contributed by atoms with van der Waals surface area (Å²) in [5.74, 6) is -0.0168. The van der Waals surface area contributed by atoms with Crippen molar-refractivity contribution in [2.45, 2.75) is 19.8 Å². The van der Waals surface area contributed by atoms with Crippen molar-refractivity contribution < 1.29 is 9.59 Å². The molecule has 1 heterocycles. The van der Waals surface area contributed by atoms with E-state index in [1.54, 1.807) is 4.90 Å². The first-order valence-corrected chi connectivity index (χ1v) is 6.54. The SMILES string of the molecule is Cc1cccc(NC(=O)NCC(=O)N2CCCC2)c1. The first kappa shape index (κ1) is 13.4. The predicted molar refractivity (Wildman–Crippen MR) is 74.0 cm³/mol. The van der Waals surface area contributed by atoms with E-state index in [1.165, 1.54) is 0 Å². The van der Waals surface area contributed by atoms with Crippen molar-refractivity contribution in [2.75, 3.05) is 25.0 Å². The smallest absolute Gasteiger partial charge is 0.319 e. The van der Waals surface area contributed by atoms with Gasteiger partial charge in [0.05, 0.1) is 6.54 Å². The number of hydrogen-bond donors (Lipinski definition) is 2. The van der Waals surface area contributed by atoms with E-state index < -0.39 is 0 Å². The van der Waals surface area contributed by atoms with Crippen molar-refractivity contribution in [3.05, 3.63) is 29.8 Å². The van der Waals surface area contributed by atoms with E-state index >= 15 is 0 Å². The Morgan fingerprint density at radius 3 is 2.68 bits per heavy atom. The highest BCUT2D eigenvalue weighted by Gasteiger charge is 2.17. The third-order valence-electron chi connectivity index (χ3n) is 3.13. The first-order chi connectivity index (χ1) is 9.15. The Balaban J connectivity index is 1.76. The lowest BCUT2D eigenvalue weighted by atomic mass is 10.2. The van der Waals surface area contributed by atoms with E-state index in [4.69, 9.17) is 0 Å². The number of nitrogens with zero attached hydrogens (tertiary/aromatic N) is 1. The fourth-order valence-corrected chi connectivity index (χ4v) is 2.13. The quantitative estimate of drug-likeness (QED) is 0.870. The van der Waals surface area contributed by atoms with E-state index in [0.29, 0.717) is 0 Å². The van der Waals surface area contributed by atoms with Crippen LogP contribution in [0.25, 0.3) is 0 Å². The van der Waals surface area contributed by atoms with Gasteiger partial charge in [-0.05, 0) is 37.5 Å². The van der Waals surface area contributed by atoms with Crippen LogP contribution in [0.15, 0.2) is 24.3 Å². The van der Waals surface area contributed by atoms with Gasteiger partial charge in [0.25, 0.3) is 0 Å². The summed E-state index contributed by atoms with van der Waals surface area (Å²) in [4.78, 5) is 25.2. The molecule has 3 amide bonds. The number of anilines is 1. The summed E-state index contributed by atoms with van der Waals surface area (Å²) in [7, 11) is 0. The Morgan fingerprint density at radius 1 is 1.26 bits per heavy atom. The van der Waals surface area contributed by atoms with Crippen LogP contribution in [-0.4, -0.2) is 36.5 Å². The van der Waals surface area contributed by atoms with Crippen LogP contribution in [0.1, 0.15) is 18.4 Å². The summed E-state index contributed by atoms with van der Waals surface area (Å²) >= 11 is 0. The maximum absolute atomic E-state index is 11.7. The Hall–Kier alpha value is -2.04. The van der Waals surface area contributed by atoms with Gasteiger partial charge in [0.2, 0.25) is 5.91 Å². The van der Waals surface area contributed by atoms with Crippen molar-refractivity contribution in [2.24, 2.45) is 0 Å². The molecule has 2 rings (SSSR count). The van der Waals surface area contributed by atoms with Gasteiger partial charge in [-0.15, -0.1) is 0 Å². The summed E-state index contributed by atoms with van der Waals surface area (Å²) in [6.07, 6.45) is 2.11. The maximum Gasteiger partial charge on any atom is 0.319 e. The van der Waals surface area contributed by atoms with Crippen molar-refractivity contribution >= 4 is 17.6 Å². The van der Waals surface area contributed by atoms with Crippen LogP contribution >= 0.6 is 0 Å². The Kier molecular flexibility index (Phi) is 4.39. The summed E-state index contributed by atoms with van der Waals surface area (Å²) in [5, 5.41) is 5.29. The third kappa shape index (κ3) is 3.98. The number of urea groups is 1. The number of amides is 3. The summed E-state index contributed by atoms with van der Waals surface area (Å²) in [6, 6.07) is 7.18. The van der Waals surface area contributed by atoms with Gasteiger partial charge >= 0.3 is 6.03 Å². The largest absolute Gasteiger partial charge is 0.341 e. The monoisotopic (exact) mass is 261 g/mol. The maximum atomic E-state index is 11.7. The van der Waals surface area contributed by atoms with E-state index in [-0.39, 0.29) is 18.5 Å². The highest BCUT2D eigenvalue weighted by molar-refractivity contribution is 5.92. The van der Waals surface area contributed by atoms with Crippen LogP contribution in [0.3, 0.4) is 0 Å². The van der Waals surface area contributed by atoms with Crippen LogP contribution in [0.4, 0.5) is 10.5 Å². The molecule has 102 valence electrons. The van der Waals surface area contributed by atoms with Gasteiger partial charge in [0.15, 0.2) is 0 Å². The predicted octanol–water partition coefficient (Wildman–Crippen LogP) is 1.74. The number of carbonyl (C=O) groups is 2. The van der Waals surface area contributed by atoms with Gasteiger partial charge in [0, 0.05) is 18.8 Å². The molecule has 2 N–H and O–H groups in total. The molecule has 5 heteroatoms. The molecule has 1 saturated heterocycles. The highest BCUT2D eigenvalue weighted by Crippen LogP contribution is 2.09. The highest BCUT2D eigenvalue weighted by atomic mass is 16.2. The van der Waals surface area contributed by atoms with Gasteiger partial charge in [-0.2, -0.15) is 0 Å². The number of nitrogens with one attached hydrogen (secondary N) is 2. The molecule has 0 radical (unpaired) electrons. The van der Waals surface area contributed by atoms with E-state index in [1.807, 2.05) is 31.2 Å². The number of rotatable bonds is 3. The van der Waals surface area contributed by atoms with Gasteiger partial charge < -0.3 is 15.5 Å². The fourth-order valence-electron chi connectivity index (χ4n) is 2.13. The van der Waals surface area contributed by atoms with Gasteiger partial charge in [0.1, 0.15) is 0 Å². The molecule has 1 aromatic carbocycles.